The topological polar surface area (TPSA) is 64.9 Å². The average molecular weight is 247 g/mol. The number of nitrogens with zero attached hydrogens (tertiary/aromatic N) is 1. The lowest BCUT2D eigenvalue weighted by Gasteiger charge is -2.03. The molecule has 0 unspecified atom stereocenters. The number of terminal acetylenes is 1. The van der Waals surface area contributed by atoms with E-state index in [0.717, 1.165) is 10.4 Å². The van der Waals surface area contributed by atoms with Gasteiger partial charge < -0.3 is 5.32 Å². The second-order valence-corrected chi connectivity index (χ2v) is 4.68. The lowest BCUT2D eigenvalue weighted by atomic mass is 10.2. The first kappa shape index (κ1) is 13.2. The molecule has 5 heteroatoms. The van der Waals surface area contributed by atoms with E-state index in [4.69, 9.17) is 11.7 Å². The fourth-order valence-corrected chi connectivity index (χ4v) is 2.30. The Morgan fingerprint density at radius 3 is 2.82 bits per heavy atom. The van der Waals surface area contributed by atoms with Crippen LogP contribution in [0.4, 0.5) is 5.00 Å². The Labute approximate surface area is 105 Å². The summed E-state index contributed by atoms with van der Waals surface area (Å²) in [6, 6.07) is 2.10. The molecule has 1 heterocycles. The van der Waals surface area contributed by atoms with Gasteiger partial charge in [-0.2, -0.15) is 5.26 Å². The molecule has 0 saturated heterocycles. The Morgan fingerprint density at radius 2 is 2.24 bits per heavy atom. The van der Waals surface area contributed by atoms with E-state index in [1.165, 1.54) is 11.3 Å². The van der Waals surface area contributed by atoms with E-state index in [0.29, 0.717) is 17.1 Å². The van der Waals surface area contributed by atoms with Crippen molar-refractivity contribution in [3.63, 3.8) is 0 Å². The number of hydrogen-bond donors (Lipinski definition) is 2. The van der Waals surface area contributed by atoms with Crippen molar-refractivity contribution in [3.05, 3.63) is 16.0 Å². The fraction of sp³-hybridized carbons (Fsp3) is 0.333. The predicted molar refractivity (Wildman–Crippen MR) is 68.8 cm³/mol. The summed E-state index contributed by atoms with van der Waals surface area (Å²) < 4.78 is 0. The highest BCUT2D eigenvalue weighted by Crippen LogP contribution is 2.31. The van der Waals surface area contributed by atoms with Gasteiger partial charge in [0.15, 0.2) is 0 Å². The molecule has 0 saturated carbocycles. The molecule has 0 aliphatic heterocycles. The molecule has 1 rings (SSSR count). The maximum Gasteiger partial charge on any atom is 0.238 e. The van der Waals surface area contributed by atoms with Crippen LogP contribution in [0.1, 0.15) is 16.0 Å². The van der Waals surface area contributed by atoms with Crippen molar-refractivity contribution in [2.24, 2.45) is 0 Å². The SMILES string of the molecule is C#CCNCC(=O)Nc1sc(C)c(C)c1C#N. The van der Waals surface area contributed by atoms with Gasteiger partial charge in [-0.25, -0.2) is 0 Å². The van der Waals surface area contributed by atoms with Crippen molar-refractivity contribution >= 4 is 22.2 Å². The highest BCUT2D eigenvalue weighted by atomic mass is 32.1. The standard InChI is InChI=1S/C12H13N3OS/c1-4-5-14-7-11(16)15-12-10(6-13)8(2)9(3)17-12/h1,14H,5,7H2,2-3H3,(H,15,16). The van der Waals surface area contributed by atoms with Crippen molar-refractivity contribution in [2.75, 3.05) is 18.4 Å². The van der Waals surface area contributed by atoms with Gasteiger partial charge in [-0.05, 0) is 19.4 Å². The molecule has 0 fully saturated rings. The number of hydrogen-bond acceptors (Lipinski definition) is 4. The quantitative estimate of drug-likeness (QED) is 0.624. The van der Waals surface area contributed by atoms with Gasteiger partial charge in [0, 0.05) is 4.88 Å². The van der Waals surface area contributed by atoms with Crippen LogP contribution in [0.25, 0.3) is 0 Å². The number of rotatable bonds is 4. The molecule has 1 amide bonds. The molecule has 0 aromatic carbocycles. The van der Waals surface area contributed by atoms with Crippen LogP contribution in [-0.4, -0.2) is 19.0 Å². The maximum atomic E-state index is 11.5. The van der Waals surface area contributed by atoms with Gasteiger partial charge in [0.2, 0.25) is 5.91 Å². The first-order chi connectivity index (χ1) is 8.10. The lowest BCUT2D eigenvalue weighted by Crippen LogP contribution is -2.28. The third-order valence-corrected chi connectivity index (χ3v) is 3.39. The van der Waals surface area contributed by atoms with Crippen molar-refractivity contribution in [2.45, 2.75) is 13.8 Å². The monoisotopic (exact) mass is 247 g/mol. The molecular formula is C12H13N3OS. The largest absolute Gasteiger partial charge is 0.315 e. The molecule has 0 aliphatic carbocycles. The van der Waals surface area contributed by atoms with E-state index >= 15 is 0 Å². The third-order valence-electron chi connectivity index (χ3n) is 2.26. The minimum Gasteiger partial charge on any atom is -0.315 e. The van der Waals surface area contributed by atoms with Gasteiger partial charge in [0.05, 0.1) is 18.7 Å². The van der Waals surface area contributed by atoms with Gasteiger partial charge in [0.1, 0.15) is 11.1 Å². The molecule has 1 aromatic heterocycles. The third kappa shape index (κ3) is 3.32. The van der Waals surface area contributed by atoms with Crippen LogP contribution >= 0.6 is 11.3 Å². The van der Waals surface area contributed by atoms with Crippen LogP contribution in [0.2, 0.25) is 0 Å². The van der Waals surface area contributed by atoms with Crippen molar-refractivity contribution in [3.8, 4) is 18.4 Å². The zero-order valence-corrected chi connectivity index (χ0v) is 10.6. The molecule has 4 nitrogen and oxygen atoms in total. The zero-order chi connectivity index (χ0) is 12.8. The number of amides is 1. The average Bonchev–Trinajstić information content (AvgIpc) is 2.54. The Balaban J connectivity index is 2.70. The second-order valence-electron chi connectivity index (χ2n) is 3.46. The van der Waals surface area contributed by atoms with Crippen molar-refractivity contribution in [1.82, 2.24) is 5.32 Å². The molecule has 0 atom stereocenters. The highest BCUT2D eigenvalue weighted by molar-refractivity contribution is 7.16. The van der Waals surface area contributed by atoms with E-state index in [1.807, 2.05) is 13.8 Å². The van der Waals surface area contributed by atoms with Gasteiger partial charge in [-0.15, -0.1) is 17.8 Å². The number of anilines is 1. The summed E-state index contributed by atoms with van der Waals surface area (Å²) in [4.78, 5) is 12.6. The number of aryl methyl sites for hydroxylation is 1. The molecule has 1 aromatic rings. The summed E-state index contributed by atoms with van der Waals surface area (Å²) in [5.41, 5.74) is 1.46. The van der Waals surface area contributed by atoms with Crippen molar-refractivity contribution in [1.29, 1.82) is 5.26 Å². The molecule has 0 spiro atoms. The Morgan fingerprint density at radius 1 is 1.53 bits per heavy atom. The Hall–Kier alpha value is -1.82. The summed E-state index contributed by atoms with van der Waals surface area (Å²) in [7, 11) is 0. The first-order valence-electron chi connectivity index (χ1n) is 5.04. The van der Waals surface area contributed by atoms with Crippen LogP contribution in [-0.2, 0) is 4.79 Å². The summed E-state index contributed by atoms with van der Waals surface area (Å²) >= 11 is 1.41. The summed E-state index contributed by atoms with van der Waals surface area (Å²) in [5.74, 6) is 2.19. The highest BCUT2D eigenvalue weighted by Gasteiger charge is 2.13. The zero-order valence-electron chi connectivity index (χ0n) is 9.76. The predicted octanol–water partition coefficient (Wildman–Crippen LogP) is 1.40. The lowest BCUT2D eigenvalue weighted by molar-refractivity contribution is -0.115. The summed E-state index contributed by atoms with van der Waals surface area (Å²) in [5, 5.41) is 15.1. The van der Waals surface area contributed by atoms with Crippen LogP contribution in [0.3, 0.4) is 0 Å². The minimum atomic E-state index is -0.196. The number of thiophene rings is 1. The Kier molecular flexibility index (Phi) is 4.71. The molecule has 2 N–H and O–H groups in total. The van der Waals surface area contributed by atoms with E-state index in [-0.39, 0.29) is 12.5 Å². The van der Waals surface area contributed by atoms with Gasteiger partial charge in [-0.3, -0.25) is 10.1 Å². The first-order valence-corrected chi connectivity index (χ1v) is 5.86. The minimum absolute atomic E-state index is 0.144. The van der Waals surface area contributed by atoms with Crippen LogP contribution in [0.5, 0.6) is 0 Å². The molecule has 0 bridgehead atoms. The fourth-order valence-electron chi connectivity index (χ4n) is 1.27. The normalized spacial score (nSPS) is 9.41. The van der Waals surface area contributed by atoms with Gasteiger partial charge in [-0.1, -0.05) is 5.92 Å². The number of carbonyl (C=O) groups excluding carboxylic acids is 1. The van der Waals surface area contributed by atoms with Crippen LogP contribution < -0.4 is 10.6 Å². The van der Waals surface area contributed by atoms with Crippen LogP contribution in [0, 0.1) is 37.5 Å². The van der Waals surface area contributed by atoms with Crippen molar-refractivity contribution < 1.29 is 4.79 Å². The Bertz CT molecular complexity index is 505. The van der Waals surface area contributed by atoms with E-state index in [2.05, 4.69) is 22.6 Å². The van der Waals surface area contributed by atoms with Gasteiger partial charge in [0.25, 0.3) is 0 Å². The number of nitrogens with one attached hydrogen (secondary N) is 2. The van der Waals surface area contributed by atoms with Gasteiger partial charge >= 0.3 is 0 Å². The number of nitriles is 1. The molecule has 0 radical (unpaired) electrons. The molecule has 0 aliphatic rings. The molecule has 88 valence electrons. The summed E-state index contributed by atoms with van der Waals surface area (Å²) in [6.45, 7) is 4.29. The van der Waals surface area contributed by atoms with Crippen LogP contribution in [0.15, 0.2) is 0 Å². The second kappa shape index (κ2) is 6.05. The molecule has 17 heavy (non-hydrogen) atoms. The number of carbonyl (C=O) groups is 1. The maximum absolute atomic E-state index is 11.5. The summed E-state index contributed by atoms with van der Waals surface area (Å²) in [6.07, 6.45) is 5.05. The molecular weight excluding hydrogens is 234 g/mol. The van der Waals surface area contributed by atoms with E-state index in [9.17, 15) is 4.79 Å². The van der Waals surface area contributed by atoms with E-state index in [1.54, 1.807) is 0 Å². The van der Waals surface area contributed by atoms with E-state index < -0.39 is 0 Å². The smallest absolute Gasteiger partial charge is 0.238 e.